The second-order valence-corrected chi connectivity index (χ2v) is 6.03. The number of carbonyl (C=O) groups is 1. The van der Waals surface area contributed by atoms with Gasteiger partial charge in [0.05, 0.1) is 5.92 Å². The van der Waals surface area contributed by atoms with Crippen molar-refractivity contribution in [3.8, 4) is 0 Å². The zero-order valence-corrected chi connectivity index (χ0v) is 11.9. The van der Waals surface area contributed by atoms with E-state index in [0.29, 0.717) is 24.6 Å². The molecule has 0 saturated carbocycles. The van der Waals surface area contributed by atoms with E-state index in [0.717, 1.165) is 19.3 Å². The molecule has 106 valence electrons. The molecule has 0 fully saturated rings. The van der Waals surface area contributed by atoms with E-state index in [2.05, 4.69) is 21.6 Å². The lowest BCUT2D eigenvalue weighted by Crippen LogP contribution is -2.08. The fourth-order valence-electron chi connectivity index (χ4n) is 2.64. The molecule has 5 nitrogen and oxygen atoms in total. The molecule has 0 saturated heterocycles. The van der Waals surface area contributed by atoms with Crippen molar-refractivity contribution in [1.82, 2.24) is 10.2 Å². The first-order chi connectivity index (χ1) is 9.74. The van der Waals surface area contributed by atoms with E-state index in [4.69, 9.17) is 9.52 Å². The Morgan fingerprint density at radius 2 is 2.40 bits per heavy atom. The fraction of sp³-hybridized carbons (Fsp3) is 0.500. The van der Waals surface area contributed by atoms with Gasteiger partial charge in [0.2, 0.25) is 11.8 Å². The van der Waals surface area contributed by atoms with Gasteiger partial charge >= 0.3 is 5.97 Å². The maximum atomic E-state index is 10.5. The van der Waals surface area contributed by atoms with Crippen molar-refractivity contribution in [1.29, 1.82) is 0 Å². The smallest absolute Gasteiger partial charge is 0.303 e. The van der Waals surface area contributed by atoms with E-state index in [1.807, 2.05) is 0 Å². The van der Waals surface area contributed by atoms with Crippen LogP contribution in [0.5, 0.6) is 0 Å². The van der Waals surface area contributed by atoms with Crippen molar-refractivity contribution in [2.24, 2.45) is 0 Å². The minimum absolute atomic E-state index is 0.135. The van der Waals surface area contributed by atoms with Gasteiger partial charge in [-0.1, -0.05) is 0 Å². The van der Waals surface area contributed by atoms with E-state index >= 15 is 0 Å². The summed E-state index contributed by atoms with van der Waals surface area (Å²) in [5.74, 6) is 0.643. The lowest BCUT2D eigenvalue weighted by molar-refractivity contribution is -0.137. The Kier molecular flexibility index (Phi) is 3.82. The van der Waals surface area contributed by atoms with Gasteiger partial charge in [-0.05, 0) is 42.7 Å². The van der Waals surface area contributed by atoms with Crippen LogP contribution in [0.15, 0.2) is 15.9 Å². The van der Waals surface area contributed by atoms with Crippen molar-refractivity contribution >= 4 is 17.3 Å². The molecule has 1 N–H and O–H groups in total. The predicted octanol–water partition coefficient (Wildman–Crippen LogP) is 3.01. The number of hydrogen-bond acceptors (Lipinski definition) is 5. The Bertz CT molecular complexity index is 605. The highest BCUT2D eigenvalue weighted by atomic mass is 32.1. The van der Waals surface area contributed by atoms with Gasteiger partial charge in [0, 0.05) is 17.7 Å². The molecule has 0 bridgehead atoms. The van der Waals surface area contributed by atoms with E-state index in [9.17, 15) is 4.79 Å². The van der Waals surface area contributed by atoms with Gasteiger partial charge in [-0.2, -0.15) is 0 Å². The van der Waals surface area contributed by atoms with Crippen LogP contribution in [0.4, 0.5) is 0 Å². The molecule has 2 aromatic rings. The van der Waals surface area contributed by atoms with Crippen LogP contribution in [0.2, 0.25) is 0 Å². The first-order valence-corrected chi connectivity index (χ1v) is 7.72. The van der Waals surface area contributed by atoms with Gasteiger partial charge in [-0.3, -0.25) is 4.79 Å². The topological polar surface area (TPSA) is 76.2 Å². The van der Waals surface area contributed by atoms with Crippen LogP contribution in [0, 0.1) is 0 Å². The molecule has 0 spiro atoms. The molecule has 1 aliphatic rings. The van der Waals surface area contributed by atoms with Crippen LogP contribution in [-0.4, -0.2) is 21.3 Å². The summed E-state index contributed by atoms with van der Waals surface area (Å²) in [7, 11) is 0. The molecule has 0 radical (unpaired) electrons. The van der Waals surface area contributed by atoms with Crippen molar-refractivity contribution in [2.45, 2.75) is 44.4 Å². The Morgan fingerprint density at radius 3 is 3.25 bits per heavy atom. The maximum Gasteiger partial charge on any atom is 0.303 e. The largest absolute Gasteiger partial charge is 0.481 e. The number of aryl methyl sites for hydroxylation is 2. The number of hydrogen-bond donors (Lipinski definition) is 1. The minimum Gasteiger partial charge on any atom is -0.481 e. The van der Waals surface area contributed by atoms with Gasteiger partial charge in [-0.25, -0.2) is 0 Å². The first-order valence-electron chi connectivity index (χ1n) is 6.84. The normalized spacial score (nSPS) is 17.9. The summed E-state index contributed by atoms with van der Waals surface area (Å²) < 4.78 is 5.72. The molecule has 0 aromatic carbocycles. The maximum absolute atomic E-state index is 10.5. The van der Waals surface area contributed by atoms with Crippen molar-refractivity contribution in [3.05, 3.63) is 33.7 Å². The molecule has 20 heavy (non-hydrogen) atoms. The quantitative estimate of drug-likeness (QED) is 0.916. The number of thiophene rings is 1. The predicted molar refractivity (Wildman–Crippen MR) is 74.0 cm³/mol. The van der Waals surface area contributed by atoms with Crippen molar-refractivity contribution in [2.75, 3.05) is 0 Å². The summed E-state index contributed by atoms with van der Waals surface area (Å²) in [6.45, 7) is 0. The summed E-state index contributed by atoms with van der Waals surface area (Å²) in [6.07, 6.45) is 4.53. The van der Waals surface area contributed by atoms with Gasteiger partial charge in [-0.15, -0.1) is 21.5 Å². The summed E-state index contributed by atoms with van der Waals surface area (Å²) in [6, 6.07) is 2.15. The lowest BCUT2D eigenvalue weighted by Gasteiger charge is -2.18. The van der Waals surface area contributed by atoms with Crippen LogP contribution < -0.4 is 0 Å². The average molecular weight is 292 g/mol. The number of nitrogens with zero attached hydrogens (tertiary/aromatic N) is 2. The lowest BCUT2D eigenvalue weighted by atomic mass is 9.88. The molecule has 6 heteroatoms. The van der Waals surface area contributed by atoms with Crippen LogP contribution in [-0.2, 0) is 17.6 Å². The van der Waals surface area contributed by atoms with Crippen LogP contribution >= 0.6 is 11.3 Å². The minimum atomic E-state index is -0.792. The molecule has 2 aromatic heterocycles. The summed E-state index contributed by atoms with van der Waals surface area (Å²) in [4.78, 5) is 11.9. The second-order valence-electron chi connectivity index (χ2n) is 5.03. The molecule has 0 aliphatic heterocycles. The molecule has 1 unspecified atom stereocenters. The fourth-order valence-corrected chi connectivity index (χ4v) is 3.63. The van der Waals surface area contributed by atoms with Gasteiger partial charge < -0.3 is 9.52 Å². The molecule has 2 heterocycles. The summed E-state index contributed by atoms with van der Waals surface area (Å²) >= 11 is 1.79. The Hall–Kier alpha value is -1.69. The monoisotopic (exact) mass is 292 g/mol. The number of aliphatic carboxylic acids is 1. The van der Waals surface area contributed by atoms with E-state index in [-0.39, 0.29) is 12.3 Å². The summed E-state index contributed by atoms with van der Waals surface area (Å²) in [5, 5.41) is 18.9. The highest BCUT2D eigenvalue weighted by molar-refractivity contribution is 7.10. The third-order valence-electron chi connectivity index (χ3n) is 3.61. The second kappa shape index (κ2) is 5.75. The molecule has 1 aliphatic carbocycles. The average Bonchev–Trinajstić information content (AvgIpc) is 3.06. The van der Waals surface area contributed by atoms with Crippen LogP contribution in [0.25, 0.3) is 0 Å². The van der Waals surface area contributed by atoms with Crippen molar-refractivity contribution in [3.63, 3.8) is 0 Å². The zero-order valence-electron chi connectivity index (χ0n) is 11.0. The Labute approximate surface area is 120 Å². The van der Waals surface area contributed by atoms with Crippen LogP contribution in [0.3, 0.4) is 0 Å². The molecule has 1 atom stereocenters. The van der Waals surface area contributed by atoms with Crippen LogP contribution in [0.1, 0.15) is 53.8 Å². The Morgan fingerprint density at radius 1 is 1.50 bits per heavy atom. The molecular weight excluding hydrogens is 276 g/mol. The van der Waals surface area contributed by atoms with Gasteiger partial charge in [0.25, 0.3) is 0 Å². The van der Waals surface area contributed by atoms with E-state index in [1.165, 1.54) is 10.4 Å². The summed E-state index contributed by atoms with van der Waals surface area (Å²) in [5.41, 5.74) is 1.32. The third-order valence-corrected chi connectivity index (χ3v) is 4.61. The zero-order chi connectivity index (χ0) is 13.9. The standard InChI is InChI=1S/C14H16N2O3S/c17-13(18)6-2-5-12-15-16-14(19-12)10-3-1-4-11-9(10)7-8-20-11/h7-8,10H,1-6H2,(H,17,18). The van der Waals surface area contributed by atoms with E-state index in [1.54, 1.807) is 11.3 Å². The number of aromatic nitrogens is 2. The molecule has 0 amide bonds. The van der Waals surface area contributed by atoms with Gasteiger partial charge in [0.15, 0.2) is 0 Å². The first kappa shape index (κ1) is 13.3. The number of carboxylic acid groups (broad SMARTS) is 1. The van der Waals surface area contributed by atoms with E-state index < -0.39 is 5.97 Å². The van der Waals surface area contributed by atoms with Crippen molar-refractivity contribution < 1.29 is 14.3 Å². The third kappa shape index (κ3) is 2.75. The number of fused-ring (bicyclic) bond motifs is 1. The molecule has 3 rings (SSSR count). The Balaban J connectivity index is 1.70. The highest BCUT2D eigenvalue weighted by Gasteiger charge is 2.27. The molecular formula is C14H16N2O3S. The highest BCUT2D eigenvalue weighted by Crippen LogP contribution is 2.38. The SMILES string of the molecule is O=C(O)CCCc1nnc(C2CCCc3sccc32)o1. The number of carboxylic acids is 1. The van der Waals surface area contributed by atoms with Gasteiger partial charge in [0.1, 0.15) is 0 Å². The number of rotatable bonds is 5.